The number of anilines is 1. The van der Waals surface area contributed by atoms with Gasteiger partial charge in [-0.3, -0.25) is 14.9 Å². The Kier molecular flexibility index (Phi) is 7.00. The summed E-state index contributed by atoms with van der Waals surface area (Å²) < 4.78 is 26.8. The topological polar surface area (TPSA) is 110 Å². The Balaban J connectivity index is 2.30. The van der Waals surface area contributed by atoms with E-state index in [1.54, 1.807) is 13.0 Å². The summed E-state index contributed by atoms with van der Waals surface area (Å²) in [5.74, 6) is -0.650. The van der Waals surface area contributed by atoms with Gasteiger partial charge >= 0.3 is 0 Å². The lowest BCUT2D eigenvalue weighted by Gasteiger charge is -2.21. The number of benzene rings is 2. The molecule has 1 N–H and O–H groups in total. The zero-order chi connectivity index (χ0) is 21.1. The first-order valence-electron chi connectivity index (χ1n) is 8.07. The Morgan fingerprint density at radius 3 is 2.36 bits per heavy atom. The van der Waals surface area contributed by atoms with Crippen molar-refractivity contribution < 1.29 is 18.1 Å². The van der Waals surface area contributed by atoms with Crippen LogP contribution in [0.5, 0.6) is 0 Å². The van der Waals surface area contributed by atoms with Crippen LogP contribution in [0, 0.1) is 17.0 Å². The quantitative estimate of drug-likeness (QED) is 0.513. The van der Waals surface area contributed by atoms with Gasteiger partial charge in [-0.1, -0.05) is 42.3 Å². The number of hydrogen-bond acceptors (Lipinski definition) is 5. The molecule has 2 aromatic carbocycles. The summed E-state index contributed by atoms with van der Waals surface area (Å²) in [4.78, 5) is 22.5. The van der Waals surface area contributed by atoms with E-state index in [1.807, 2.05) is 0 Å². The summed E-state index contributed by atoms with van der Waals surface area (Å²) in [7, 11) is -4.14. The number of carbonyl (C=O) groups excluding carboxylic acids is 1. The molecule has 11 heteroatoms. The molecular formula is C17H17Cl2N3O5S. The third kappa shape index (κ3) is 4.79. The number of likely N-dealkylation sites (N-methyl/N-ethyl adjacent to an activating group) is 1. The van der Waals surface area contributed by atoms with Crippen LogP contribution in [-0.4, -0.2) is 36.6 Å². The van der Waals surface area contributed by atoms with Gasteiger partial charge in [0.25, 0.3) is 5.69 Å². The molecule has 0 aliphatic rings. The fourth-order valence-corrected chi connectivity index (χ4v) is 4.58. The van der Waals surface area contributed by atoms with Crippen LogP contribution in [0.15, 0.2) is 41.3 Å². The average Bonchev–Trinajstić information content (AvgIpc) is 2.62. The molecule has 2 rings (SSSR count). The summed E-state index contributed by atoms with van der Waals surface area (Å²) >= 11 is 12.0. The molecule has 0 spiro atoms. The second-order valence-corrected chi connectivity index (χ2v) is 8.50. The second kappa shape index (κ2) is 8.87. The van der Waals surface area contributed by atoms with Crippen molar-refractivity contribution in [2.75, 3.05) is 18.4 Å². The highest BCUT2D eigenvalue weighted by Crippen LogP contribution is 2.30. The summed E-state index contributed by atoms with van der Waals surface area (Å²) in [5.41, 5.74) is 0.155. The van der Waals surface area contributed by atoms with E-state index in [4.69, 9.17) is 23.2 Å². The zero-order valence-electron chi connectivity index (χ0n) is 15.0. The Morgan fingerprint density at radius 2 is 1.82 bits per heavy atom. The lowest BCUT2D eigenvalue weighted by molar-refractivity contribution is -0.385. The van der Waals surface area contributed by atoms with Gasteiger partial charge in [0.2, 0.25) is 15.9 Å². The van der Waals surface area contributed by atoms with Crippen molar-refractivity contribution in [1.82, 2.24) is 4.31 Å². The van der Waals surface area contributed by atoms with Gasteiger partial charge in [-0.05, 0) is 24.6 Å². The van der Waals surface area contributed by atoms with Gasteiger partial charge in [-0.15, -0.1) is 0 Å². The molecule has 0 aliphatic carbocycles. The van der Waals surface area contributed by atoms with Gasteiger partial charge in [0.15, 0.2) is 0 Å². The predicted octanol–water partition coefficient (Wildman–Crippen LogP) is 3.86. The fourth-order valence-electron chi connectivity index (χ4n) is 2.44. The SMILES string of the molecule is CCN(CC(=O)Nc1c(Cl)cccc1Cl)S(=O)(=O)c1cc([N+](=O)[O-])ccc1C. The number of nitrogens with zero attached hydrogens (tertiary/aromatic N) is 2. The molecule has 0 fully saturated rings. The number of rotatable bonds is 7. The van der Waals surface area contributed by atoms with Crippen molar-refractivity contribution in [3.63, 3.8) is 0 Å². The Labute approximate surface area is 172 Å². The van der Waals surface area contributed by atoms with Crippen molar-refractivity contribution in [3.8, 4) is 0 Å². The zero-order valence-corrected chi connectivity index (χ0v) is 17.3. The molecule has 0 atom stereocenters. The molecule has 0 unspecified atom stereocenters. The number of aryl methyl sites for hydroxylation is 1. The molecule has 1 amide bonds. The minimum Gasteiger partial charge on any atom is -0.322 e. The van der Waals surface area contributed by atoms with E-state index in [-0.39, 0.29) is 32.9 Å². The molecular weight excluding hydrogens is 429 g/mol. The number of sulfonamides is 1. The summed E-state index contributed by atoms with van der Waals surface area (Å²) in [6.07, 6.45) is 0. The predicted molar refractivity (Wildman–Crippen MR) is 107 cm³/mol. The number of nitro groups is 1. The highest BCUT2D eigenvalue weighted by Gasteiger charge is 2.28. The smallest absolute Gasteiger partial charge is 0.270 e. The van der Waals surface area contributed by atoms with Crippen LogP contribution in [0.3, 0.4) is 0 Å². The number of nitrogens with one attached hydrogen (secondary N) is 1. The molecule has 0 bridgehead atoms. The Hall–Kier alpha value is -2.20. The van der Waals surface area contributed by atoms with Crippen molar-refractivity contribution in [1.29, 1.82) is 0 Å². The van der Waals surface area contributed by atoms with Crippen LogP contribution in [0.2, 0.25) is 10.0 Å². The van der Waals surface area contributed by atoms with E-state index >= 15 is 0 Å². The minimum absolute atomic E-state index is 0.0197. The van der Waals surface area contributed by atoms with E-state index in [1.165, 1.54) is 31.2 Å². The summed E-state index contributed by atoms with van der Waals surface area (Å²) in [5, 5.41) is 13.9. The van der Waals surface area contributed by atoms with E-state index in [0.29, 0.717) is 5.56 Å². The number of non-ortho nitro benzene ring substituents is 1. The molecule has 2 aromatic rings. The van der Waals surface area contributed by atoms with E-state index in [2.05, 4.69) is 5.32 Å². The van der Waals surface area contributed by atoms with Crippen LogP contribution < -0.4 is 5.32 Å². The highest BCUT2D eigenvalue weighted by atomic mass is 35.5. The molecule has 0 aliphatic heterocycles. The minimum atomic E-state index is -4.14. The number of halogens is 2. The number of carbonyl (C=O) groups is 1. The largest absolute Gasteiger partial charge is 0.322 e. The number of amides is 1. The van der Waals surface area contributed by atoms with Gasteiger partial charge in [0, 0.05) is 18.7 Å². The summed E-state index contributed by atoms with van der Waals surface area (Å²) in [6, 6.07) is 8.22. The Morgan fingerprint density at radius 1 is 1.21 bits per heavy atom. The van der Waals surface area contributed by atoms with Gasteiger partial charge in [-0.25, -0.2) is 8.42 Å². The lowest BCUT2D eigenvalue weighted by atomic mass is 10.2. The van der Waals surface area contributed by atoms with Gasteiger partial charge in [0.1, 0.15) is 0 Å². The lowest BCUT2D eigenvalue weighted by Crippen LogP contribution is -2.38. The third-order valence-corrected chi connectivity index (χ3v) is 6.59. The Bertz CT molecular complexity index is 1010. The van der Waals surface area contributed by atoms with E-state index in [9.17, 15) is 23.3 Å². The first-order valence-corrected chi connectivity index (χ1v) is 10.3. The number of nitro benzene ring substituents is 1. The molecule has 0 heterocycles. The number of hydrogen-bond donors (Lipinski definition) is 1. The van der Waals surface area contributed by atoms with Gasteiger partial charge in [0.05, 0.1) is 32.1 Å². The third-order valence-electron chi connectivity index (χ3n) is 3.90. The van der Waals surface area contributed by atoms with E-state index < -0.39 is 27.4 Å². The molecule has 0 saturated heterocycles. The van der Waals surface area contributed by atoms with Crippen LogP contribution in [-0.2, 0) is 14.8 Å². The van der Waals surface area contributed by atoms with Crippen LogP contribution in [0.4, 0.5) is 11.4 Å². The maximum atomic E-state index is 13.0. The summed E-state index contributed by atoms with van der Waals surface area (Å²) in [6.45, 7) is 2.55. The normalized spacial score (nSPS) is 11.5. The van der Waals surface area contributed by atoms with Crippen LogP contribution >= 0.6 is 23.2 Å². The first-order chi connectivity index (χ1) is 13.1. The van der Waals surface area contributed by atoms with Crippen molar-refractivity contribution >= 4 is 50.5 Å². The highest BCUT2D eigenvalue weighted by molar-refractivity contribution is 7.89. The van der Waals surface area contributed by atoms with Crippen LogP contribution in [0.25, 0.3) is 0 Å². The molecule has 8 nitrogen and oxygen atoms in total. The van der Waals surface area contributed by atoms with E-state index in [0.717, 1.165) is 10.4 Å². The van der Waals surface area contributed by atoms with Crippen LogP contribution in [0.1, 0.15) is 12.5 Å². The standard InChI is InChI=1S/C17H17Cl2N3O5S/c1-3-21(10-16(23)20-17-13(18)5-4-6-14(17)19)28(26,27)15-9-12(22(24)25)8-7-11(15)2/h4-9H,3,10H2,1-2H3,(H,20,23). The molecule has 28 heavy (non-hydrogen) atoms. The first kappa shape index (κ1) is 22.1. The molecule has 0 radical (unpaired) electrons. The number of para-hydroxylation sites is 1. The van der Waals surface area contributed by atoms with Gasteiger partial charge < -0.3 is 5.32 Å². The van der Waals surface area contributed by atoms with Crippen molar-refractivity contribution in [2.24, 2.45) is 0 Å². The van der Waals surface area contributed by atoms with Crippen molar-refractivity contribution in [2.45, 2.75) is 18.7 Å². The van der Waals surface area contributed by atoms with Crippen molar-refractivity contribution in [3.05, 3.63) is 62.1 Å². The molecule has 0 aromatic heterocycles. The fraction of sp³-hybridized carbons (Fsp3) is 0.235. The van der Waals surface area contributed by atoms with Gasteiger partial charge in [-0.2, -0.15) is 4.31 Å². The maximum Gasteiger partial charge on any atom is 0.270 e. The maximum absolute atomic E-state index is 13.0. The average molecular weight is 446 g/mol. The molecule has 150 valence electrons. The second-order valence-electron chi connectivity index (χ2n) is 5.78. The molecule has 0 saturated carbocycles. The monoisotopic (exact) mass is 445 g/mol.